The maximum absolute atomic E-state index is 12.9. The molecule has 4 heteroatoms. The average molecular weight is 210 g/mol. The van der Waals surface area contributed by atoms with Crippen LogP contribution in [0.2, 0.25) is 0 Å². The highest BCUT2D eigenvalue weighted by Crippen LogP contribution is 2.13. The van der Waals surface area contributed by atoms with E-state index in [2.05, 4.69) is 0 Å². The van der Waals surface area contributed by atoms with E-state index in [1.165, 1.54) is 24.3 Å². The van der Waals surface area contributed by atoms with Gasteiger partial charge in [-0.25, -0.2) is 10.2 Å². The van der Waals surface area contributed by atoms with Gasteiger partial charge in [0.1, 0.15) is 5.82 Å². The summed E-state index contributed by atoms with van der Waals surface area (Å²) in [5.74, 6) is 4.81. The van der Waals surface area contributed by atoms with Gasteiger partial charge in [0, 0.05) is 5.56 Å². The minimum atomic E-state index is -0.483. The van der Waals surface area contributed by atoms with E-state index in [4.69, 9.17) is 5.84 Å². The summed E-state index contributed by atoms with van der Waals surface area (Å²) in [7, 11) is 0. The number of hydrogen-bond acceptors (Lipinski definition) is 2. The largest absolute Gasteiger partial charge is 0.271 e. The molecular formula is C11H15FN2O. The molecule has 3 nitrogen and oxygen atoms in total. The van der Waals surface area contributed by atoms with Gasteiger partial charge in [-0.15, -0.1) is 0 Å². The summed E-state index contributed by atoms with van der Waals surface area (Å²) in [4.78, 5) is 11.8. The van der Waals surface area contributed by atoms with Crippen LogP contribution in [0.3, 0.4) is 0 Å². The van der Waals surface area contributed by atoms with Crippen molar-refractivity contribution in [2.24, 2.45) is 5.84 Å². The summed E-state index contributed by atoms with van der Waals surface area (Å²) in [6, 6.07) is 5.48. The second-order valence-electron chi connectivity index (χ2n) is 4.36. The second-order valence-corrected chi connectivity index (χ2v) is 4.36. The third kappa shape index (κ3) is 2.76. The number of carbonyl (C=O) groups is 1. The first-order chi connectivity index (χ1) is 6.82. The normalized spacial score (nSPS) is 11.3. The quantitative estimate of drug-likeness (QED) is 0.437. The van der Waals surface area contributed by atoms with Crippen molar-refractivity contribution in [2.45, 2.75) is 26.3 Å². The van der Waals surface area contributed by atoms with Crippen molar-refractivity contribution in [3.05, 3.63) is 35.6 Å². The van der Waals surface area contributed by atoms with E-state index in [-0.39, 0.29) is 11.5 Å². The molecule has 0 unspecified atom stereocenters. The zero-order valence-corrected chi connectivity index (χ0v) is 9.12. The molecule has 0 aromatic heterocycles. The Balaban J connectivity index is 2.95. The van der Waals surface area contributed by atoms with Crippen molar-refractivity contribution in [1.82, 2.24) is 5.01 Å². The van der Waals surface area contributed by atoms with Crippen molar-refractivity contribution in [3.63, 3.8) is 0 Å². The van der Waals surface area contributed by atoms with Crippen LogP contribution in [-0.4, -0.2) is 16.5 Å². The van der Waals surface area contributed by atoms with Crippen LogP contribution in [0.5, 0.6) is 0 Å². The summed E-state index contributed by atoms with van der Waals surface area (Å²) in [6.07, 6.45) is 0. The number of rotatable bonds is 1. The Hall–Kier alpha value is -1.42. The maximum atomic E-state index is 12.9. The Kier molecular flexibility index (Phi) is 3.09. The molecule has 0 spiro atoms. The number of nitrogens with two attached hydrogens (primary N) is 1. The first kappa shape index (κ1) is 11.7. The molecule has 1 aromatic rings. The third-order valence-corrected chi connectivity index (χ3v) is 2.01. The number of benzene rings is 1. The van der Waals surface area contributed by atoms with Crippen LogP contribution in [0.15, 0.2) is 24.3 Å². The lowest BCUT2D eigenvalue weighted by Gasteiger charge is -2.31. The van der Waals surface area contributed by atoms with Gasteiger partial charge >= 0.3 is 0 Å². The van der Waals surface area contributed by atoms with Crippen LogP contribution in [0, 0.1) is 5.82 Å². The molecule has 0 saturated heterocycles. The smallest absolute Gasteiger partial charge is 0.268 e. The molecule has 82 valence electrons. The molecule has 0 heterocycles. The van der Waals surface area contributed by atoms with Gasteiger partial charge in [-0.1, -0.05) is 6.07 Å². The van der Waals surface area contributed by atoms with Crippen LogP contribution in [0.4, 0.5) is 4.39 Å². The molecule has 0 saturated carbocycles. The first-order valence-electron chi connectivity index (χ1n) is 4.67. The molecule has 0 atom stereocenters. The molecule has 0 radical (unpaired) electrons. The van der Waals surface area contributed by atoms with Crippen LogP contribution in [0.1, 0.15) is 31.1 Å². The summed E-state index contributed by atoms with van der Waals surface area (Å²) in [6.45, 7) is 5.43. The summed E-state index contributed by atoms with van der Waals surface area (Å²) < 4.78 is 12.9. The lowest BCUT2D eigenvalue weighted by molar-refractivity contribution is 0.0581. The van der Waals surface area contributed by atoms with E-state index in [1.54, 1.807) is 0 Å². The van der Waals surface area contributed by atoms with Gasteiger partial charge in [0.25, 0.3) is 5.91 Å². The maximum Gasteiger partial charge on any atom is 0.268 e. The molecule has 0 aliphatic heterocycles. The van der Waals surface area contributed by atoms with Crippen LogP contribution < -0.4 is 5.84 Å². The van der Waals surface area contributed by atoms with Gasteiger partial charge in [0.05, 0.1) is 5.54 Å². The Labute approximate surface area is 88.7 Å². The Morgan fingerprint density at radius 3 is 2.47 bits per heavy atom. The van der Waals surface area contributed by atoms with E-state index in [0.29, 0.717) is 0 Å². The molecule has 1 aromatic carbocycles. The summed E-state index contributed by atoms with van der Waals surface area (Å²) >= 11 is 0. The minimum absolute atomic E-state index is 0.257. The van der Waals surface area contributed by atoms with Gasteiger partial charge in [-0.3, -0.25) is 9.80 Å². The van der Waals surface area contributed by atoms with Gasteiger partial charge in [0.15, 0.2) is 0 Å². The Morgan fingerprint density at radius 2 is 2.00 bits per heavy atom. The standard InChI is InChI=1S/C11H15FN2O/c1-11(2,3)14(13)10(15)8-5-4-6-9(12)7-8/h4-7H,13H2,1-3H3. The topological polar surface area (TPSA) is 46.3 Å². The number of carbonyl (C=O) groups excluding carboxylic acids is 1. The molecule has 0 aliphatic carbocycles. The highest BCUT2D eigenvalue weighted by molar-refractivity contribution is 5.94. The fourth-order valence-corrected chi connectivity index (χ4v) is 1.07. The first-order valence-corrected chi connectivity index (χ1v) is 4.67. The second kappa shape index (κ2) is 3.98. The third-order valence-electron chi connectivity index (χ3n) is 2.01. The zero-order chi connectivity index (χ0) is 11.6. The molecule has 1 amide bonds. The van der Waals surface area contributed by atoms with Gasteiger partial charge in [-0.2, -0.15) is 0 Å². The zero-order valence-electron chi connectivity index (χ0n) is 9.12. The molecule has 0 aliphatic rings. The fraction of sp³-hybridized carbons (Fsp3) is 0.364. The van der Waals surface area contributed by atoms with Crippen LogP contribution >= 0.6 is 0 Å². The van der Waals surface area contributed by atoms with Crippen molar-refractivity contribution in [2.75, 3.05) is 0 Å². The lowest BCUT2D eigenvalue weighted by Crippen LogP contribution is -2.50. The van der Waals surface area contributed by atoms with E-state index >= 15 is 0 Å². The SMILES string of the molecule is CC(C)(C)N(N)C(=O)c1cccc(F)c1. The molecule has 0 bridgehead atoms. The molecule has 1 rings (SSSR count). The molecule has 15 heavy (non-hydrogen) atoms. The minimum Gasteiger partial charge on any atom is -0.271 e. The number of hydrazine groups is 1. The number of amides is 1. The van der Waals surface area contributed by atoms with E-state index in [9.17, 15) is 9.18 Å². The lowest BCUT2D eigenvalue weighted by atomic mass is 10.1. The number of hydrogen-bond donors (Lipinski definition) is 1. The number of nitrogens with zero attached hydrogens (tertiary/aromatic N) is 1. The van der Waals surface area contributed by atoms with Crippen molar-refractivity contribution >= 4 is 5.91 Å². The highest BCUT2D eigenvalue weighted by atomic mass is 19.1. The monoisotopic (exact) mass is 210 g/mol. The van der Waals surface area contributed by atoms with Crippen molar-refractivity contribution in [1.29, 1.82) is 0 Å². The Morgan fingerprint density at radius 1 is 1.40 bits per heavy atom. The predicted octanol–water partition coefficient (Wildman–Crippen LogP) is 1.94. The van der Waals surface area contributed by atoms with Crippen molar-refractivity contribution in [3.8, 4) is 0 Å². The highest BCUT2D eigenvalue weighted by Gasteiger charge is 2.24. The molecular weight excluding hydrogens is 195 g/mol. The summed E-state index contributed by atoms with van der Waals surface area (Å²) in [5.41, 5.74) is -0.226. The van der Waals surface area contributed by atoms with Gasteiger partial charge in [0.2, 0.25) is 0 Å². The Bertz CT molecular complexity index is 371. The van der Waals surface area contributed by atoms with Gasteiger partial charge < -0.3 is 0 Å². The van der Waals surface area contributed by atoms with E-state index in [0.717, 1.165) is 5.01 Å². The predicted molar refractivity (Wildman–Crippen MR) is 56.5 cm³/mol. The van der Waals surface area contributed by atoms with Crippen LogP contribution in [0.25, 0.3) is 0 Å². The van der Waals surface area contributed by atoms with Crippen molar-refractivity contribution < 1.29 is 9.18 Å². The van der Waals surface area contributed by atoms with Gasteiger partial charge in [-0.05, 0) is 39.0 Å². The van der Waals surface area contributed by atoms with E-state index in [1.807, 2.05) is 20.8 Å². The fourth-order valence-electron chi connectivity index (χ4n) is 1.07. The molecule has 2 N–H and O–H groups in total. The van der Waals surface area contributed by atoms with Crippen LogP contribution in [-0.2, 0) is 0 Å². The number of halogens is 1. The van der Waals surface area contributed by atoms with E-state index < -0.39 is 11.4 Å². The molecule has 0 fully saturated rings. The average Bonchev–Trinajstić information content (AvgIpc) is 2.14. The summed E-state index contributed by atoms with van der Waals surface area (Å²) in [5, 5.41) is 1.10.